The van der Waals surface area contributed by atoms with Crippen molar-refractivity contribution in [3.8, 4) is 5.75 Å². The van der Waals surface area contributed by atoms with Crippen molar-refractivity contribution in [1.29, 1.82) is 0 Å². The van der Waals surface area contributed by atoms with Crippen molar-refractivity contribution in [2.24, 2.45) is 11.1 Å². The van der Waals surface area contributed by atoms with Gasteiger partial charge in [-0.2, -0.15) is 0 Å². The van der Waals surface area contributed by atoms with Gasteiger partial charge in [0.1, 0.15) is 11.6 Å². The zero-order valence-electron chi connectivity index (χ0n) is 9.44. The molecule has 17 heavy (non-hydrogen) atoms. The van der Waals surface area contributed by atoms with Gasteiger partial charge in [0.2, 0.25) is 0 Å². The van der Waals surface area contributed by atoms with Crippen molar-refractivity contribution < 1.29 is 19.0 Å². The fourth-order valence-corrected chi connectivity index (χ4v) is 2.04. The van der Waals surface area contributed by atoms with E-state index in [1.54, 1.807) is 0 Å². The molecule has 0 amide bonds. The van der Waals surface area contributed by atoms with Crippen LogP contribution in [0.5, 0.6) is 5.75 Å². The number of carboxylic acid groups (broad SMARTS) is 1. The molecule has 0 saturated heterocycles. The van der Waals surface area contributed by atoms with E-state index in [0.717, 1.165) is 0 Å². The van der Waals surface area contributed by atoms with Gasteiger partial charge in [-0.3, -0.25) is 4.79 Å². The summed E-state index contributed by atoms with van der Waals surface area (Å²) >= 11 is 0. The van der Waals surface area contributed by atoms with E-state index in [-0.39, 0.29) is 0 Å². The number of methoxy groups -OCH3 is 1. The summed E-state index contributed by atoms with van der Waals surface area (Å²) < 4.78 is 18.3. The van der Waals surface area contributed by atoms with E-state index in [9.17, 15) is 9.18 Å². The number of benzene rings is 1. The van der Waals surface area contributed by atoms with Gasteiger partial charge >= 0.3 is 5.97 Å². The fourth-order valence-electron chi connectivity index (χ4n) is 2.04. The molecule has 92 valence electrons. The molecule has 1 atom stereocenters. The molecule has 1 aliphatic rings. The second-order valence-corrected chi connectivity index (χ2v) is 4.33. The lowest BCUT2D eigenvalue weighted by molar-refractivity contribution is -0.144. The smallest absolute Gasteiger partial charge is 0.311 e. The molecular weight excluding hydrogens is 225 g/mol. The Morgan fingerprint density at radius 2 is 2.24 bits per heavy atom. The summed E-state index contributed by atoms with van der Waals surface area (Å²) in [6.45, 7) is 0. The number of hydrogen-bond acceptors (Lipinski definition) is 3. The number of hydrogen-bond donors (Lipinski definition) is 2. The van der Waals surface area contributed by atoms with E-state index in [0.29, 0.717) is 24.2 Å². The lowest BCUT2D eigenvalue weighted by atomic mass is 9.90. The Balaban J connectivity index is 2.40. The van der Waals surface area contributed by atoms with E-state index in [4.69, 9.17) is 15.6 Å². The largest absolute Gasteiger partial charge is 0.496 e. The predicted molar refractivity (Wildman–Crippen MR) is 59.2 cm³/mol. The van der Waals surface area contributed by atoms with Crippen molar-refractivity contribution in [2.75, 3.05) is 7.11 Å². The maximum Gasteiger partial charge on any atom is 0.311 e. The lowest BCUT2D eigenvalue weighted by Gasteiger charge is -2.21. The standard InChI is InChI=1S/C12H14FNO3/c1-17-9-3-2-7(13)6-8(9)10(14)12(4-5-12)11(15)16/h2-3,6,10H,4-5,14H2,1H3,(H,15,16). The summed E-state index contributed by atoms with van der Waals surface area (Å²) in [7, 11) is 1.45. The predicted octanol–water partition coefficient (Wildman–Crippen LogP) is 1.70. The molecule has 0 radical (unpaired) electrons. The van der Waals surface area contributed by atoms with Crippen LogP contribution in [0.2, 0.25) is 0 Å². The molecule has 1 aromatic rings. The Labute approximate surface area is 98.2 Å². The molecule has 5 heteroatoms. The minimum absolute atomic E-state index is 0.410. The van der Waals surface area contributed by atoms with E-state index < -0.39 is 23.2 Å². The van der Waals surface area contributed by atoms with Gasteiger partial charge in [-0.25, -0.2) is 4.39 Å². The summed E-state index contributed by atoms with van der Waals surface area (Å²) in [5.41, 5.74) is 5.41. The third-order valence-electron chi connectivity index (χ3n) is 3.34. The summed E-state index contributed by atoms with van der Waals surface area (Å²) in [5, 5.41) is 9.15. The van der Waals surface area contributed by atoms with Crippen molar-refractivity contribution >= 4 is 5.97 Å². The van der Waals surface area contributed by atoms with Crippen LogP contribution in [0.4, 0.5) is 4.39 Å². The van der Waals surface area contributed by atoms with Crippen LogP contribution in [-0.4, -0.2) is 18.2 Å². The first-order valence-electron chi connectivity index (χ1n) is 5.33. The Bertz CT molecular complexity index is 457. The fraction of sp³-hybridized carbons (Fsp3) is 0.417. The van der Waals surface area contributed by atoms with E-state index >= 15 is 0 Å². The number of ether oxygens (including phenoxy) is 1. The summed E-state index contributed by atoms with van der Waals surface area (Å²) in [6.07, 6.45) is 1.03. The van der Waals surface area contributed by atoms with Crippen LogP contribution in [0.25, 0.3) is 0 Å². The van der Waals surface area contributed by atoms with E-state index in [2.05, 4.69) is 0 Å². The monoisotopic (exact) mass is 239 g/mol. The highest BCUT2D eigenvalue weighted by atomic mass is 19.1. The van der Waals surface area contributed by atoms with Gasteiger partial charge < -0.3 is 15.6 Å². The van der Waals surface area contributed by atoms with Crippen LogP contribution in [0.3, 0.4) is 0 Å². The van der Waals surface area contributed by atoms with E-state index in [1.807, 2.05) is 0 Å². The normalized spacial score (nSPS) is 18.5. The van der Waals surface area contributed by atoms with Gasteiger partial charge in [0.15, 0.2) is 0 Å². The number of aliphatic carboxylic acids is 1. The molecule has 1 fully saturated rings. The van der Waals surface area contributed by atoms with Crippen molar-refractivity contribution in [3.63, 3.8) is 0 Å². The molecule has 3 N–H and O–H groups in total. The second kappa shape index (κ2) is 4.00. The van der Waals surface area contributed by atoms with Crippen LogP contribution in [-0.2, 0) is 4.79 Å². The van der Waals surface area contributed by atoms with Crippen LogP contribution in [0.1, 0.15) is 24.4 Å². The number of carbonyl (C=O) groups is 1. The van der Waals surface area contributed by atoms with Crippen LogP contribution >= 0.6 is 0 Å². The highest BCUT2D eigenvalue weighted by Crippen LogP contribution is 2.55. The lowest BCUT2D eigenvalue weighted by Crippen LogP contribution is -2.30. The van der Waals surface area contributed by atoms with Crippen molar-refractivity contribution in [1.82, 2.24) is 0 Å². The zero-order chi connectivity index (χ0) is 12.6. The van der Waals surface area contributed by atoms with Gasteiger partial charge in [0.25, 0.3) is 0 Å². The summed E-state index contributed by atoms with van der Waals surface area (Å²) in [5.74, 6) is -0.958. The molecule has 4 nitrogen and oxygen atoms in total. The average molecular weight is 239 g/mol. The number of nitrogens with two attached hydrogens (primary N) is 1. The quantitative estimate of drug-likeness (QED) is 0.838. The minimum atomic E-state index is -0.957. The molecule has 1 unspecified atom stereocenters. The SMILES string of the molecule is COc1ccc(F)cc1C(N)C1(C(=O)O)CC1. The molecule has 1 saturated carbocycles. The molecule has 0 spiro atoms. The van der Waals surface area contributed by atoms with Gasteiger partial charge in [-0.1, -0.05) is 0 Å². The molecule has 2 rings (SSSR count). The second-order valence-electron chi connectivity index (χ2n) is 4.33. The van der Waals surface area contributed by atoms with Crippen molar-refractivity contribution in [3.05, 3.63) is 29.6 Å². The minimum Gasteiger partial charge on any atom is -0.496 e. The van der Waals surface area contributed by atoms with Crippen LogP contribution in [0.15, 0.2) is 18.2 Å². The zero-order valence-corrected chi connectivity index (χ0v) is 9.44. The van der Waals surface area contributed by atoms with Crippen LogP contribution < -0.4 is 10.5 Å². The Kier molecular flexibility index (Phi) is 2.79. The van der Waals surface area contributed by atoms with E-state index in [1.165, 1.54) is 25.3 Å². The Morgan fingerprint density at radius 1 is 1.59 bits per heavy atom. The Morgan fingerprint density at radius 3 is 2.71 bits per heavy atom. The topological polar surface area (TPSA) is 72.5 Å². The molecule has 1 aromatic carbocycles. The average Bonchev–Trinajstić information content (AvgIpc) is 3.09. The van der Waals surface area contributed by atoms with Gasteiger partial charge in [0.05, 0.1) is 12.5 Å². The van der Waals surface area contributed by atoms with Gasteiger partial charge in [-0.15, -0.1) is 0 Å². The first-order valence-corrected chi connectivity index (χ1v) is 5.33. The maximum atomic E-state index is 13.2. The third kappa shape index (κ3) is 1.86. The highest BCUT2D eigenvalue weighted by Gasteiger charge is 2.56. The highest BCUT2D eigenvalue weighted by molar-refractivity contribution is 5.79. The van der Waals surface area contributed by atoms with Crippen molar-refractivity contribution in [2.45, 2.75) is 18.9 Å². The Hall–Kier alpha value is -1.62. The van der Waals surface area contributed by atoms with Crippen LogP contribution in [0, 0.1) is 11.2 Å². The van der Waals surface area contributed by atoms with Gasteiger partial charge in [-0.05, 0) is 31.0 Å². The first kappa shape index (κ1) is 11.9. The molecule has 1 aliphatic carbocycles. The molecular formula is C12H14FNO3. The maximum absolute atomic E-state index is 13.2. The molecule has 0 bridgehead atoms. The molecule has 0 heterocycles. The molecule has 0 aliphatic heterocycles. The summed E-state index contributed by atoms with van der Waals surface area (Å²) in [4.78, 5) is 11.2. The summed E-state index contributed by atoms with van der Waals surface area (Å²) in [6, 6.07) is 3.22. The number of rotatable bonds is 4. The van der Waals surface area contributed by atoms with Gasteiger partial charge in [0, 0.05) is 11.6 Å². The number of carboxylic acids is 1. The molecule has 0 aromatic heterocycles. The number of halogens is 1. The third-order valence-corrected chi connectivity index (χ3v) is 3.34. The first-order chi connectivity index (χ1) is 8.01.